The molecule has 0 saturated heterocycles. The molecule has 1 atom stereocenters. The monoisotopic (exact) mass is 247 g/mol. The number of imidazole rings is 1. The summed E-state index contributed by atoms with van der Waals surface area (Å²) in [4.78, 5) is 4.13. The summed E-state index contributed by atoms with van der Waals surface area (Å²) in [6.45, 7) is 2.96. The average Bonchev–Trinajstić information content (AvgIpc) is 2.49. The number of nitrogens with one attached hydrogen (secondary N) is 1. The molecule has 3 nitrogen and oxygen atoms in total. The van der Waals surface area contributed by atoms with Gasteiger partial charge >= 0.3 is 6.18 Å². The third-order valence-corrected chi connectivity index (χ3v) is 2.87. The molecule has 0 fully saturated rings. The molecule has 6 heteroatoms. The number of aromatic nitrogens is 2. The van der Waals surface area contributed by atoms with Crippen LogP contribution in [0.4, 0.5) is 13.2 Å². The summed E-state index contributed by atoms with van der Waals surface area (Å²) in [7, 11) is 0. The number of hydrogen-bond acceptors (Lipinski definition) is 2. The molecule has 0 bridgehead atoms. The fourth-order valence-electron chi connectivity index (χ4n) is 2.12. The maximum atomic E-state index is 12.9. The molecule has 1 aliphatic rings. The molecule has 17 heavy (non-hydrogen) atoms. The van der Waals surface area contributed by atoms with E-state index in [9.17, 15) is 13.2 Å². The van der Waals surface area contributed by atoms with Crippen molar-refractivity contribution in [3.8, 4) is 0 Å². The first-order valence-electron chi connectivity index (χ1n) is 5.88. The molecule has 2 heterocycles. The molecular weight excluding hydrogens is 231 g/mol. The van der Waals surface area contributed by atoms with Gasteiger partial charge in [-0.2, -0.15) is 13.2 Å². The Kier molecular flexibility index (Phi) is 3.42. The van der Waals surface area contributed by atoms with Crippen molar-refractivity contribution in [2.75, 3.05) is 6.54 Å². The zero-order valence-electron chi connectivity index (χ0n) is 9.72. The van der Waals surface area contributed by atoms with Gasteiger partial charge in [-0.1, -0.05) is 13.3 Å². The zero-order valence-corrected chi connectivity index (χ0v) is 9.72. The van der Waals surface area contributed by atoms with Crippen molar-refractivity contribution in [3.05, 3.63) is 17.7 Å². The molecular formula is C11H16F3N3. The smallest absolute Gasteiger partial charge is 0.333 e. The van der Waals surface area contributed by atoms with Crippen LogP contribution in [-0.2, 0) is 13.0 Å². The van der Waals surface area contributed by atoms with E-state index >= 15 is 0 Å². The normalized spacial score (nSPS) is 21.1. The lowest BCUT2D eigenvalue weighted by Gasteiger charge is -2.18. The second kappa shape index (κ2) is 4.68. The van der Waals surface area contributed by atoms with Crippen LogP contribution < -0.4 is 5.32 Å². The molecule has 96 valence electrons. The second-order valence-corrected chi connectivity index (χ2v) is 4.32. The first-order chi connectivity index (χ1) is 8.02. The summed E-state index contributed by atoms with van der Waals surface area (Å²) in [5, 5.41) is 2.52. The van der Waals surface area contributed by atoms with Gasteiger partial charge in [0, 0.05) is 12.7 Å². The first-order valence-corrected chi connectivity index (χ1v) is 5.88. The summed E-state index contributed by atoms with van der Waals surface area (Å²) in [6.07, 6.45) is -0.214. The molecule has 1 aromatic rings. The molecule has 2 rings (SSSR count). The molecule has 0 saturated carbocycles. The molecule has 0 amide bonds. The van der Waals surface area contributed by atoms with Crippen molar-refractivity contribution < 1.29 is 13.2 Å². The zero-order chi connectivity index (χ0) is 12.5. The van der Waals surface area contributed by atoms with E-state index in [-0.39, 0.29) is 5.82 Å². The first kappa shape index (κ1) is 12.4. The Morgan fingerprint density at radius 2 is 2.29 bits per heavy atom. The maximum Gasteiger partial charge on any atom is 0.410 e. The fourth-order valence-corrected chi connectivity index (χ4v) is 2.12. The Labute approximate surface area is 98.0 Å². The van der Waals surface area contributed by atoms with Gasteiger partial charge in [-0.05, 0) is 19.4 Å². The van der Waals surface area contributed by atoms with Crippen molar-refractivity contribution >= 4 is 0 Å². The van der Waals surface area contributed by atoms with Gasteiger partial charge in [0.2, 0.25) is 0 Å². The largest absolute Gasteiger partial charge is 0.410 e. The van der Waals surface area contributed by atoms with E-state index in [1.165, 1.54) is 0 Å². The molecule has 0 aliphatic carbocycles. The molecule has 0 spiro atoms. The molecule has 1 aliphatic heterocycles. The van der Waals surface area contributed by atoms with E-state index < -0.39 is 12.2 Å². The van der Waals surface area contributed by atoms with Crippen LogP contribution in [0.1, 0.15) is 37.3 Å². The van der Waals surface area contributed by atoms with Crippen LogP contribution in [-0.4, -0.2) is 22.3 Å². The predicted molar refractivity (Wildman–Crippen MR) is 57.6 cm³/mol. The standard InChI is InChI=1S/C11H16F3N3/c1-2-4-8-7-17-6-3-5-15-9(10(17)16-8)11(12,13)14/h7,9,15H,2-6H2,1H3. The number of aryl methyl sites for hydroxylation is 2. The highest BCUT2D eigenvalue weighted by atomic mass is 19.4. The molecule has 1 unspecified atom stereocenters. The molecule has 0 aromatic carbocycles. The summed E-state index contributed by atoms with van der Waals surface area (Å²) >= 11 is 0. The van der Waals surface area contributed by atoms with Gasteiger partial charge in [0.05, 0.1) is 5.69 Å². The van der Waals surface area contributed by atoms with Gasteiger partial charge in [0.25, 0.3) is 0 Å². The number of halogens is 3. The lowest BCUT2D eigenvalue weighted by atomic mass is 10.2. The molecule has 0 radical (unpaired) electrons. The predicted octanol–water partition coefficient (Wildman–Crippen LogP) is 2.43. The Morgan fingerprint density at radius 3 is 2.94 bits per heavy atom. The fraction of sp³-hybridized carbons (Fsp3) is 0.727. The topological polar surface area (TPSA) is 29.9 Å². The minimum Gasteiger partial charge on any atom is -0.333 e. The van der Waals surface area contributed by atoms with Crippen LogP contribution in [0.3, 0.4) is 0 Å². The van der Waals surface area contributed by atoms with Crippen LogP contribution >= 0.6 is 0 Å². The van der Waals surface area contributed by atoms with Gasteiger partial charge in [-0.25, -0.2) is 4.98 Å². The summed E-state index contributed by atoms with van der Waals surface area (Å²) in [6, 6.07) is -1.63. The van der Waals surface area contributed by atoms with Crippen molar-refractivity contribution in [2.45, 2.75) is 44.9 Å². The van der Waals surface area contributed by atoms with Crippen LogP contribution in [0, 0.1) is 0 Å². The maximum absolute atomic E-state index is 12.9. The van der Waals surface area contributed by atoms with Crippen molar-refractivity contribution in [1.82, 2.24) is 14.9 Å². The summed E-state index contributed by atoms with van der Waals surface area (Å²) < 4.78 is 40.3. The summed E-state index contributed by atoms with van der Waals surface area (Å²) in [5.41, 5.74) is 0.750. The number of hydrogen-bond donors (Lipinski definition) is 1. The van der Waals surface area contributed by atoms with E-state index in [1.807, 2.05) is 6.92 Å². The highest BCUT2D eigenvalue weighted by Gasteiger charge is 2.44. The Bertz CT molecular complexity index is 384. The van der Waals surface area contributed by atoms with Crippen LogP contribution in [0.5, 0.6) is 0 Å². The minimum absolute atomic E-state index is 0.110. The summed E-state index contributed by atoms with van der Waals surface area (Å²) in [5.74, 6) is 0.110. The third-order valence-electron chi connectivity index (χ3n) is 2.87. The molecule has 1 N–H and O–H groups in total. The molecule has 1 aromatic heterocycles. The Balaban J connectivity index is 2.34. The van der Waals surface area contributed by atoms with Gasteiger partial charge in [0.15, 0.2) is 6.04 Å². The highest BCUT2D eigenvalue weighted by Crippen LogP contribution is 2.33. The van der Waals surface area contributed by atoms with Crippen LogP contribution in [0.25, 0.3) is 0 Å². The number of fused-ring (bicyclic) bond motifs is 1. The van der Waals surface area contributed by atoms with Gasteiger partial charge in [-0.15, -0.1) is 0 Å². The number of alkyl halides is 3. The van der Waals surface area contributed by atoms with Gasteiger partial charge in [-0.3, -0.25) is 5.32 Å². The minimum atomic E-state index is -4.28. The third kappa shape index (κ3) is 2.62. The van der Waals surface area contributed by atoms with E-state index in [2.05, 4.69) is 10.3 Å². The van der Waals surface area contributed by atoms with Crippen LogP contribution in [0.15, 0.2) is 6.20 Å². The van der Waals surface area contributed by atoms with E-state index in [4.69, 9.17) is 0 Å². The van der Waals surface area contributed by atoms with Gasteiger partial charge < -0.3 is 4.57 Å². The van der Waals surface area contributed by atoms with Crippen molar-refractivity contribution in [1.29, 1.82) is 0 Å². The SMILES string of the molecule is CCCc1cn2c(n1)C(C(F)(F)F)NCCC2. The van der Waals surface area contributed by atoms with E-state index in [0.29, 0.717) is 19.5 Å². The Morgan fingerprint density at radius 1 is 1.53 bits per heavy atom. The Hall–Kier alpha value is -1.04. The second-order valence-electron chi connectivity index (χ2n) is 4.32. The van der Waals surface area contributed by atoms with Crippen molar-refractivity contribution in [3.63, 3.8) is 0 Å². The lowest BCUT2D eigenvalue weighted by Crippen LogP contribution is -2.34. The quantitative estimate of drug-likeness (QED) is 0.869. The van der Waals surface area contributed by atoms with Gasteiger partial charge in [0.1, 0.15) is 5.82 Å². The van der Waals surface area contributed by atoms with E-state index in [0.717, 1.165) is 18.5 Å². The lowest BCUT2D eigenvalue weighted by molar-refractivity contribution is -0.159. The van der Waals surface area contributed by atoms with Crippen molar-refractivity contribution in [2.24, 2.45) is 0 Å². The number of nitrogens with zero attached hydrogens (tertiary/aromatic N) is 2. The highest BCUT2D eigenvalue weighted by molar-refractivity contribution is 5.11. The van der Waals surface area contributed by atoms with E-state index in [1.54, 1.807) is 10.8 Å². The average molecular weight is 247 g/mol. The van der Waals surface area contributed by atoms with Crippen LogP contribution in [0.2, 0.25) is 0 Å². The number of rotatable bonds is 2.